The summed E-state index contributed by atoms with van der Waals surface area (Å²) >= 11 is 0. The first-order valence-electron chi connectivity index (χ1n) is 14.3. The van der Waals surface area contributed by atoms with Crippen LogP contribution in [0.25, 0.3) is 10.9 Å². The third-order valence-corrected chi connectivity index (χ3v) is 10.7. The largest absolute Gasteiger partial charge is 0.444 e. The van der Waals surface area contributed by atoms with Crippen LogP contribution in [0.1, 0.15) is 69.1 Å². The van der Waals surface area contributed by atoms with Gasteiger partial charge in [-0.2, -0.15) is 5.26 Å². The summed E-state index contributed by atoms with van der Waals surface area (Å²) < 4.78 is 34.2. The van der Waals surface area contributed by atoms with Crippen molar-refractivity contribution in [2.24, 2.45) is 0 Å². The fourth-order valence-corrected chi connectivity index (χ4v) is 7.71. The van der Waals surface area contributed by atoms with Crippen molar-refractivity contribution in [1.29, 1.82) is 5.26 Å². The maximum Gasteiger partial charge on any atom is 0.410 e. The second-order valence-corrected chi connectivity index (χ2v) is 15.3. The van der Waals surface area contributed by atoms with Crippen LogP contribution in [0.15, 0.2) is 41.1 Å². The molecule has 1 atom stereocenters. The van der Waals surface area contributed by atoms with Gasteiger partial charge in [-0.1, -0.05) is 19.9 Å². The lowest BCUT2D eigenvalue weighted by Gasteiger charge is -2.40. The molecule has 1 N–H and O–H groups in total. The molecule has 2 aliphatic carbocycles. The number of fused-ring (bicyclic) bond motifs is 3. The number of amides is 1. The highest BCUT2D eigenvalue weighted by Crippen LogP contribution is 2.47. The van der Waals surface area contributed by atoms with Crippen LogP contribution in [0, 0.1) is 11.3 Å². The highest BCUT2D eigenvalue weighted by molar-refractivity contribution is 7.89. The first-order valence-corrected chi connectivity index (χ1v) is 15.8. The first-order chi connectivity index (χ1) is 19.6. The minimum atomic E-state index is -3.73. The molecule has 5 rings (SSSR count). The molecule has 1 amide bonds. The van der Waals surface area contributed by atoms with Crippen molar-refractivity contribution in [2.45, 2.75) is 63.7 Å². The van der Waals surface area contributed by atoms with Gasteiger partial charge in [0.2, 0.25) is 10.0 Å². The molecule has 3 aliphatic rings. The third kappa shape index (κ3) is 5.01. The van der Waals surface area contributed by atoms with Gasteiger partial charge in [0.1, 0.15) is 10.9 Å². The maximum absolute atomic E-state index is 14.1. The lowest BCUT2D eigenvalue weighted by molar-refractivity contribution is 0.0166. The summed E-state index contributed by atoms with van der Waals surface area (Å²) in [6.45, 7) is 11.2. The Morgan fingerprint density at radius 1 is 1.17 bits per heavy atom. The number of benzene rings is 1. The molecule has 0 bridgehead atoms. The molecule has 1 fully saturated rings. The molecule has 2 heterocycles. The molecule has 2 aromatic rings. The number of Topliss-reactive ketones (excluding diaryl/α,β-unsaturated/α-hetero) is 1. The summed E-state index contributed by atoms with van der Waals surface area (Å²) in [5.41, 5.74) is 3.41. The minimum absolute atomic E-state index is 0.108. The molecule has 0 spiro atoms. The zero-order valence-corrected chi connectivity index (χ0v) is 26.2. The van der Waals surface area contributed by atoms with E-state index in [1.165, 1.54) is 18.4 Å². The number of nitrogens with zero attached hydrogens (tertiary/aromatic N) is 4. The molecular formula is C31H39N5O5S. The minimum Gasteiger partial charge on any atom is -0.444 e. The van der Waals surface area contributed by atoms with Crippen molar-refractivity contribution in [1.82, 2.24) is 19.1 Å². The van der Waals surface area contributed by atoms with E-state index in [0.29, 0.717) is 55.0 Å². The lowest BCUT2D eigenvalue weighted by atomic mass is 9.70. The van der Waals surface area contributed by atoms with Gasteiger partial charge in [-0.3, -0.25) is 4.79 Å². The van der Waals surface area contributed by atoms with Gasteiger partial charge in [0, 0.05) is 73.6 Å². The topological polar surface area (TPSA) is 127 Å². The van der Waals surface area contributed by atoms with E-state index in [-0.39, 0.29) is 18.3 Å². The van der Waals surface area contributed by atoms with E-state index >= 15 is 0 Å². The summed E-state index contributed by atoms with van der Waals surface area (Å²) in [6, 6.07) is 7.43. The van der Waals surface area contributed by atoms with Crippen LogP contribution in [0.2, 0.25) is 0 Å². The van der Waals surface area contributed by atoms with Crippen LogP contribution < -0.4 is 0 Å². The van der Waals surface area contributed by atoms with Crippen molar-refractivity contribution in [3.63, 3.8) is 0 Å². The molecule has 42 heavy (non-hydrogen) atoms. The highest BCUT2D eigenvalue weighted by Gasteiger charge is 2.45. The second-order valence-electron chi connectivity index (χ2n) is 13.0. The summed E-state index contributed by atoms with van der Waals surface area (Å²) in [4.78, 5) is 33.9. The Morgan fingerprint density at radius 3 is 2.43 bits per heavy atom. The average Bonchev–Trinajstić information content (AvgIpc) is 3.18. The number of hydrogen-bond donors (Lipinski definition) is 1. The third-order valence-electron chi connectivity index (χ3n) is 8.50. The quantitative estimate of drug-likeness (QED) is 0.562. The Hall–Kier alpha value is -3.62. The monoisotopic (exact) mass is 593 g/mol. The highest BCUT2D eigenvalue weighted by atomic mass is 32.2. The molecular weight excluding hydrogens is 554 g/mol. The Labute approximate surface area is 247 Å². The smallest absolute Gasteiger partial charge is 0.410 e. The Kier molecular flexibility index (Phi) is 7.31. The predicted molar refractivity (Wildman–Crippen MR) is 160 cm³/mol. The maximum atomic E-state index is 14.1. The van der Waals surface area contributed by atoms with E-state index in [9.17, 15) is 23.3 Å². The zero-order chi connectivity index (χ0) is 30.8. The Morgan fingerprint density at radius 2 is 1.83 bits per heavy atom. The zero-order valence-electron chi connectivity index (χ0n) is 25.4. The Bertz CT molecular complexity index is 1680. The molecule has 1 unspecified atom stereocenters. The van der Waals surface area contributed by atoms with Crippen molar-refractivity contribution in [3.8, 4) is 6.07 Å². The molecule has 11 heteroatoms. The van der Waals surface area contributed by atoms with Gasteiger partial charge < -0.3 is 19.5 Å². The summed E-state index contributed by atoms with van der Waals surface area (Å²) in [5, 5.41) is 9.32. The number of carbonyl (C=O) groups is 2. The number of sulfonamides is 1. The van der Waals surface area contributed by atoms with E-state index < -0.39 is 26.3 Å². The van der Waals surface area contributed by atoms with Crippen molar-refractivity contribution < 1.29 is 22.7 Å². The number of rotatable bonds is 3. The number of hydrogen-bond acceptors (Lipinski definition) is 7. The van der Waals surface area contributed by atoms with Gasteiger partial charge >= 0.3 is 6.09 Å². The number of aromatic nitrogens is 1. The van der Waals surface area contributed by atoms with Crippen molar-refractivity contribution in [3.05, 3.63) is 57.9 Å². The van der Waals surface area contributed by atoms with Crippen LogP contribution in [0.5, 0.6) is 0 Å². The number of aromatic amines is 1. The molecule has 224 valence electrons. The van der Waals surface area contributed by atoms with Gasteiger partial charge in [0.15, 0.2) is 5.78 Å². The van der Waals surface area contributed by atoms with Gasteiger partial charge in [0.05, 0.1) is 17.2 Å². The molecule has 1 aromatic heterocycles. The first kappa shape index (κ1) is 29.9. The normalized spacial score (nSPS) is 21.1. The number of carbonyl (C=O) groups excluding carboxylic acids is 2. The number of ether oxygens (including phenoxy) is 1. The number of nitrogens with one attached hydrogen (secondary N) is 1. The van der Waals surface area contributed by atoms with E-state index in [4.69, 9.17) is 4.74 Å². The second kappa shape index (κ2) is 10.3. The van der Waals surface area contributed by atoms with Gasteiger partial charge in [-0.25, -0.2) is 17.5 Å². The van der Waals surface area contributed by atoms with Crippen LogP contribution in [0.4, 0.5) is 4.79 Å². The summed E-state index contributed by atoms with van der Waals surface area (Å²) in [7, 11) is -0.658. The van der Waals surface area contributed by atoms with Gasteiger partial charge in [-0.15, -0.1) is 0 Å². The molecule has 1 saturated heterocycles. The van der Waals surface area contributed by atoms with E-state index in [0.717, 1.165) is 22.2 Å². The lowest BCUT2D eigenvalue weighted by Crippen LogP contribution is -2.51. The molecule has 0 radical (unpaired) electrons. The fraction of sp³-hybridized carbons (Fsp3) is 0.516. The molecule has 1 aromatic carbocycles. The van der Waals surface area contributed by atoms with Crippen LogP contribution in [-0.2, 0) is 20.2 Å². The number of piperazine rings is 1. The van der Waals surface area contributed by atoms with Crippen LogP contribution in [0.3, 0.4) is 0 Å². The van der Waals surface area contributed by atoms with Crippen LogP contribution in [-0.4, -0.2) is 90.5 Å². The standard InChI is InChI=1S/C31H39N5O5S/c1-30(2,3)41-29(38)36-14-12-35(13-15-36)24-17-22-20(10-11-25(24)42(39,40)34(6)7)27(37)26-21-9-8-19(18-32)16-23(21)33-28(26)31(22,4)5/h8-9,16-17,25,33H,10-15H2,1-7H3. The van der Waals surface area contributed by atoms with E-state index in [2.05, 4.69) is 11.1 Å². The predicted octanol–water partition coefficient (Wildman–Crippen LogP) is 4.30. The van der Waals surface area contributed by atoms with Crippen LogP contribution >= 0.6 is 0 Å². The van der Waals surface area contributed by atoms with Gasteiger partial charge in [0.25, 0.3) is 0 Å². The van der Waals surface area contributed by atoms with Gasteiger partial charge in [-0.05, 0) is 57.4 Å². The van der Waals surface area contributed by atoms with E-state index in [1.807, 2.05) is 51.7 Å². The average molecular weight is 594 g/mol. The number of allylic oxidation sites excluding steroid dienone is 3. The Balaban J connectivity index is 1.57. The number of nitriles is 1. The number of ketones is 1. The molecule has 10 nitrogen and oxygen atoms in total. The van der Waals surface area contributed by atoms with Crippen molar-refractivity contribution in [2.75, 3.05) is 40.3 Å². The summed E-state index contributed by atoms with van der Waals surface area (Å²) in [5.74, 6) is -0.108. The molecule has 0 saturated carbocycles. The van der Waals surface area contributed by atoms with E-state index in [1.54, 1.807) is 17.0 Å². The SMILES string of the molecule is CN(C)S(=O)(=O)C1CCC2=C(C=C1N1CCN(C(=O)OC(C)(C)C)CC1)C(C)(C)c1[nH]c3cc(C#N)ccc3c1C2=O. The number of H-pyrrole nitrogens is 1. The fourth-order valence-electron chi connectivity index (χ4n) is 6.26. The van der Waals surface area contributed by atoms with Crippen molar-refractivity contribution >= 4 is 32.8 Å². The molecule has 1 aliphatic heterocycles. The summed E-state index contributed by atoms with van der Waals surface area (Å²) in [6.07, 6.45) is 2.11.